The number of fused-ring (bicyclic) bond motifs is 1. The number of amides is 2. The molecule has 1 aliphatic rings. The number of ether oxygens (including phenoxy) is 1. The maximum atomic E-state index is 12.2. The average Bonchev–Trinajstić information content (AvgIpc) is 2.58. The molecule has 23 heavy (non-hydrogen) atoms. The minimum Gasteiger partial charge on any atom is -0.482 e. The molecule has 6 nitrogen and oxygen atoms in total. The van der Waals surface area contributed by atoms with Crippen LogP contribution in [0.4, 0.5) is 11.4 Å². The molecule has 0 radical (unpaired) electrons. The molecule has 2 aromatic rings. The summed E-state index contributed by atoms with van der Waals surface area (Å²) in [7, 11) is 0. The fraction of sp³-hybridized carbons (Fsp3) is 0.235. The van der Waals surface area contributed by atoms with Crippen molar-refractivity contribution >= 4 is 23.2 Å². The van der Waals surface area contributed by atoms with Crippen LogP contribution < -0.4 is 15.0 Å². The predicted octanol–water partition coefficient (Wildman–Crippen LogP) is 2.47. The predicted molar refractivity (Wildman–Crippen MR) is 86.8 cm³/mol. The van der Waals surface area contributed by atoms with Gasteiger partial charge in [-0.25, -0.2) is 0 Å². The molecule has 1 aliphatic heterocycles. The van der Waals surface area contributed by atoms with Crippen LogP contribution in [-0.2, 0) is 4.79 Å². The van der Waals surface area contributed by atoms with Gasteiger partial charge in [0.1, 0.15) is 5.75 Å². The summed E-state index contributed by atoms with van der Waals surface area (Å²) in [6.07, 6.45) is 3.98. The van der Waals surface area contributed by atoms with Crippen molar-refractivity contribution in [2.45, 2.75) is 13.3 Å². The summed E-state index contributed by atoms with van der Waals surface area (Å²) in [5.41, 5.74) is 1.83. The summed E-state index contributed by atoms with van der Waals surface area (Å²) in [5, 5.41) is 2.83. The van der Waals surface area contributed by atoms with Gasteiger partial charge in [0, 0.05) is 30.2 Å². The maximum absolute atomic E-state index is 12.2. The molecule has 0 spiro atoms. The van der Waals surface area contributed by atoms with E-state index in [4.69, 9.17) is 4.74 Å². The Hall–Kier alpha value is -2.89. The number of pyridine rings is 1. The van der Waals surface area contributed by atoms with E-state index in [1.807, 2.05) is 6.92 Å². The lowest BCUT2D eigenvalue weighted by atomic mass is 10.2. The molecule has 2 amide bonds. The van der Waals surface area contributed by atoms with Crippen molar-refractivity contribution in [1.29, 1.82) is 0 Å². The summed E-state index contributed by atoms with van der Waals surface area (Å²) >= 11 is 0. The first-order valence-electron chi connectivity index (χ1n) is 7.47. The Kier molecular flexibility index (Phi) is 4.23. The van der Waals surface area contributed by atoms with Gasteiger partial charge in [-0.3, -0.25) is 14.6 Å². The third-order valence-corrected chi connectivity index (χ3v) is 3.55. The standard InChI is InChI=1S/C17H17N3O3/c1-2-9-20-14-10-13(3-4-15(14)23-11-16(20)21)19-17(22)12-5-7-18-8-6-12/h3-8,10H,2,9,11H2,1H3,(H,19,22). The molecule has 1 N–H and O–H groups in total. The van der Waals surface area contributed by atoms with E-state index < -0.39 is 0 Å². The van der Waals surface area contributed by atoms with Gasteiger partial charge in [-0.1, -0.05) is 6.92 Å². The molecule has 1 aromatic carbocycles. The molecule has 6 heteroatoms. The number of aromatic nitrogens is 1. The van der Waals surface area contributed by atoms with Gasteiger partial charge in [-0.2, -0.15) is 0 Å². The van der Waals surface area contributed by atoms with Crippen molar-refractivity contribution in [3.8, 4) is 5.75 Å². The zero-order valence-electron chi connectivity index (χ0n) is 12.8. The third kappa shape index (κ3) is 3.15. The monoisotopic (exact) mass is 311 g/mol. The Morgan fingerprint density at radius 2 is 2.09 bits per heavy atom. The smallest absolute Gasteiger partial charge is 0.265 e. The van der Waals surface area contributed by atoms with E-state index in [2.05, 4.69) is 10.3 Å². The highest BCUT2D eigenvalue weighted by Gasteiger charge is 2.25. The van der Waals surface area contributed by atoms with Crippen molar-refractivity contribution < 1.29 is 14.3 Å². The fourth-order valence-electron chi connectivity index (χ4n) is 2.46. The molecule has 3 rings (SSSR count). The van der Waals surface area contributed by atoms with E-state index in [9.17, 15) is 9.59 Å². The SMILES string of the molecule is CCCN1C(=O)COc2ccc(NC(=O)c3ccncc3)cc21. The van der Waals surface area contributed by atoms with Crippen molar-refractivity contribution in [3.63, 3.8) is 0 Å². The number of benzene rings is 1. The molecule has 118 valence electrons. The number of carbonyl (C=O) groups is 2. The van der Waals surface area contributed by atoms with E-state index in [-0.39, 0.29) is 18.4 Å². The van der Waals surface area contributed by atoms with Crippen LogP contribution in [0.15, 0.2) is 42.7 Å². The lowest BCUT2D eigenvalue weighted by molar-refractivity contribution is -0.121. The number of nitrogens with zero attached hydrogens (tertiary/aromatic N) is 2. The van der Waals surface area contributed by atoms with E-state index in [1.165, 1.54) is 0 Å². The quantitative estimate of drug-likeness (QED) is 0.941. The molecule has 0 fully saturated rings. The zero-order valence-corrected chi connectivity index (χ0v) is 12.8. The second-order valence-corrected chi connectivity index (χ2v) is 5.21. The van der Waals surface area contributed by atoms with Gasteiger partial charge in [0.25, 0.3) is 11.8 Å². The lowest BCUT2D eigenvalue weighted by Gasteiger charge is -2.29. The molecule has 0 saturated heterocycles. The molecular weight excluding hydrogens is 294 g/mol. The zero-order chi connectivity index (χ0) is 16.2. The number of anilines is 2. The van der Waals surface area contributed by atoms with Crippen molar-refractivity contribution in [3.05, 3.63) is 48.3 Å². The Morgan fingerprint density at radius 3 is 2.83 bits per heavy atom. The van der Waals surface area contributed by atoms with E-state index in [0.717, 1.165) is 6.42 Å². The average molecular weight is 311 g/mol. The van der Waals surface area contributed by atoms with Crippen molar-refractivity contribution in [2.24, 2.45) is 0 Å². The first kappa shape index (κ1) is 15.0. The summed E-state index contributed by atoms with van der Waals surface area (Å²) < 4.78 is 5.44. The molecule has 0 bridgehead atoms. The summed E-state index contributed by atoms with van der Waals surface area (Å²) in [6.45, 7) is 2.68. The van der Waals surface area contributed by atoms with Crippen molar-refractivity contribution in [1.82, 2.24) is 4.98 Å². The topological polar surface area (TPSA) is 71.5 Å². The van der Waals surface area contributed by atoms with Crippen LogP contribution in [0.5, 0.6) is 5.75 Å². The minimum atomic E-state index is -0.225. The van der Waals surface area contributed by atoms with Gasteiger partial charge in [-0.05, 0) is 36.8 Å². The molecular formula is C17H17N3O3. The number of carbonyl (C=O) groups excluding carboxylic acids is 2. The first-order chi connectivity index (χ1) is 11.2. The van der Waals surface area contributed by atoms with Crippen LogP contribution in [0.2, 0.25) is 0 Å². The van der Waals surface area contributed by atoms with E-state index in [1.54, 1.807) is 47.6 Å². The number of hydrogen-bond donors (Lipinski definition) is 1. The third-order valence-electron chi connectivity index (χ3n) is 3.55. The van der Waals surface area contributed by atoms with Gasteiger partial charge in [0.15, 0.2) is 6.61 Å². The summed E-state index contributed by atoms with van der Waals surface area (Å²) in [5.74, 6) is 0.356. The molecule has 0 saturated carbocycles. The molecule has 0 atom stereocenters. The van der Waals surface area contributed by atoms with Crippen LogP contribution in [0.3, 0.4) is 0 Å². The normalized spacial score (nSPS) is 13.3. The van der Waals surface area contributed by atoms with Crippen LogP contribution in [-0.4, -0.2) is 29.9 Å². The minimum absolute atomic E-state index is 0.0513. The van der Waals surface area contributed by atoms with Crippen LogP contribution in [0, 0.1) is 0 Å². The summed E-state index contributed by atoms with van der Waals surface area (Å²) in [4.78, 5) is 29.8. The highest BCUT2D eigenvalue weighted by molar-refractivity contribution is 6.05. The second-order valence-electron chi connectivity index (χ2n) is 5.21. The van der Waals surface area contributed by atoms with Gasteiger partial charge >= 0.3 is 0 Å². The first-order valence-corrected chi connectivity index (χ1v) is 7.47. The van der Waals surface area contributed by atoms with E-state index >= 15 is 0 Å². The van der Waals surface area contributed by atoms with Crippen LogP contribution in [0.25, 0.3) is 0 Å². The number of rotatable bonds is 4. The lowest BCUT2D eigenvalue weighted by Crippen LogP contribution is -2.39. The van der Waals surface area contributed by atoms with Gasteiger partial charge < -0.3 is 15.0 Å². The highest BCUT2D eigenvalue weighted by Crippen LogP contribution is 2.34. The van der Waals surface area contributed by atoms with Gasteiger partial charge in [0.2, 0.25) is 0 Å². The van der Waals surface area contributed by atoms with Gasteiger partial charge in [-0.15, -0.1) is 0 Å². The summed E-state index contributed by atoms with van der Waals surface area (Å²) in [6, 6.07) is 8.58. The molecule has 0 aliphatic carbocycles. The molecule has 1 aromatic heterocycles. The molecule has 0 unspecified atom stereocenters. The largest absolute Gasteiger partial charge is 0.482 e. The molecule has 2 heterocycles. The van der Waals surface area contributed by atoms with Crippen molar-refractivity contribution in [2.75, 3.05) is 23.4 Å². The van der Waals surface area contributed by atoms with Gasteiger partial charge in [0.05, 0.1) is 5.69 Å². The van der Waals surface area contributed by atoms with E-state index in [0.29, 0.717) is 29.2 Å². The fourth-order valence-corrected chi connectivity index (χ4v) is 2.46. The van der Waals surface area contributed by atoms with Crippen LogP contribution in [0.1, 0.15) is 23.7 Å². The Labute approximate surface area is 134 Å². The Bertz CT molecular complexity index is 731. The van der Waals surface area contributed by atoms with Crippen LogP contribution >= 0.6 is 0 Å². The Balaban J connectivity index is 1.85. The second kappa shape index (κ2) is 6.48. The number of nitrogens with one attached hydrogen (secondary N) is 1. The highest BCUT2D eigenvalue weighted by atomic mass is 16.5. The Morgan fingerprint density at radius 1 is 1.30 bits per heavy atom. The maximum Gasteiger partial charge on any atom is 0.265 e. The number of hydrogen-bond acceptors (Lipinski definition) is 4.